The molecular weight excluding hydrogens is 377 g/mol. The van der Waals surface area contributed by atoms with Gasteiger partial charge >= 0.3 is 0 Å². The van der Waals surface area contributed by atoms with Gasteiger partial charge in [0.2, 0.25) is 5.91 Å². The second-order valence-corrected chi connectivity index (χ2v) is 6.14. The molecule has 0 fully saturated rings. The molecule has 8 heteroatoms. The van der Waals surface area contributed by atoms with E-state index in [0.717, 1.165) is 6.07 Å². The summed E-state index contributed by atoms with van der Waals surface area (Å²) in [7, 11) is 0. The summed E-state index contributed by atoms with van der Waals surface area (Å²) in [6.45, 7) is 1.35. The molecule has 1 heterocycles. The third-order valence-corrected chi connectivity index (χ3v) is 4.05. The van der Waals surface area contributed by atoms with E-state index in [-0.39, 0.29) is 29.4 Å². The molecule has 3 N–H and O–H groups in total. The molecule has 3 amide bonds. The van der Waals surface area contributed by atoms with E-state index in [1.807, 2.05) is 0 Å². The van der Waals surface area contributed by atoms with E-state index in [4.69, 9.17) is 4.42 Å². The monoisotopic (exact) mass is 395 g/mol. The van der Waals surface area contributed by atoms with Crippen LogP contribution in [0.1, 0.15) is 26.5 Å². The van der Waals surface area contributed by atoms with Gasteiger partial charge in [-0.05, 0) is 43.3 Å². The first kappa shape index (κ1) is 19.8. The average Bonchev–Trinajstić information content (AvgIpc) is 3.15. The van der Waals surface area contributed by atoms with Gasteiger partial charge in [-0.1, -0.05) is 18.2 Å². The number of benzene rings is 2. The highest BCUT2D eigenvalue weighted by Crippen LogP contribution is 2.21. The van der Waals surface area contributed by atoms with Crippen LogP contribution < -0.4 is 16.0 Å². The Kier molecular flexibility index (Phi) is 6.03. The molecule has 2 aromatic carbocycles. The van der Waals surface area contributed by atoms with Crippen LogP contribution in [0.25, 0.3) is 0 Å². The number of furan rings is 1. The number of nitrogens with one attached hydrogen (secondary N) is 3. The molecule has 0 aliphatic rings. The predicted octanol–water partition coefficient (Wildman–Crippen LogP) is 3.35. The molecule has 0 saturated heterocycles. The van der Waals surface area contributed by atoms with E-state index < -0.39 is 17.6 Å². The first-order valence-corrected chi connectivity index (χ1v) is 8.72. The summed E-state index contributed by atoms with van der Waals surface area (Å²) in [5, 5.41) is 7.49. The standard InChI is InChI=1S/C21H18FN3O4/c1-13-16(9-10-29-13)21(28)25-18-11-15(7-8-17(18)22)24-19(26)12-23-20(27)14-5-3-2-4-6-14/h2-11H,12H2,1H3,(H,23,27)(H,24,26)(H,25,28). The Balaban J connectivity index is 1.60. The Hall–Kier alpha value is -3.94. The third kappa shape index (κ3) is 5.07. The molecule has 148 valence electrons. The molecule has 0 bridgehead atoms. The fraction of sp³-hybridized carbons (Fsp3) is 0.0952. The lowest BCUT2D eigenvalue weighted by Gasteiger charge is -2.10. The number of hydrogen-bond donors (Lipinski definition) is 3. The van der Waals surface area contributed by atoms with Gasteiger partial charge in [0.25, 0.3) is 11.8 Å². The van der Waals surface area contributed by atoms with E-state index >= 15 is 0 Å². The van der Waals surface area contributed by atoms with E-state index in [9.17, 15) is 18.8 Å². The molecular formula is C21H18FN3O4. The second kappa shape index (κ2) is 8.83. The molecule has 0 atom stereocenters. The van der Waals surface area contributed by atoms with Crippen molar-refractivity contribution in [3.05, 3.63) is 83.6 Å². The number of aryl methyl sites for hydroxylation is 1. The quantitative estimate of drug-likeness (QED) is 0.596. The maximum Gasteiger partial charge on any atom is 0.259 e. The number of halogens is 1. The minimum absolute atomic E-state index is 0.0956. The number of anilines is 2. The van der Waals surface area contributed by atoms with Crippen molar-refractivity contribution in [3.63, 3.8) is 0 Å². The summed E-state index contributed by atoms with van der Waals surface area (Å²) in [6.07, 6.45) is 1.36. The third-order valence-electron chi connectivity index (χ3n) is 4.05. The Labute approximate surface area is 165 Å². The Morgan fingerprint density at radius 3 is 2.41 bits per heavy atom. The molecule has 0 radical (unpaired) electrons. The zero-order chi connectivity index (χ0) is 20.8. The van der Waals surface area contributed by atoms with Gasteiger partial charge < -0.3 is 20.4 Å². The minimum Gasteiger partial charge on any atom is -0.469 e. The van der Waals surface area contributed by atoms with Gasteiger partial charge in [-0.2, -0.15) is 0 Å². The molecule has 3 rings (SSSR count). The van der Waals surface area contributed by atoms with Crippen LogP contribution in [0, 0.1) is 12.7 Å². The Bertz CT molecular complexity index is 1050. The molecule has 1 aromatic heterocycles. The van der Waals surface area contributed by atoms with Gasteiger partial charge in [-0.25, -0.2) is 4.39 Å². The summed E-state index contributed by atoms with van der Waals surface area (Å²) < 4.78 is 19.1. The number of rotatable bonds is 6. The highest BCUT2D eigenvalue weighted by Gasteiger charge is 2.15. The van der Waals surface area contributed by atoms with Crippen molar-refractivity contribution in [2.24, 2.45) is 0 Å². The first-order valence-electron chi connectivity index (χ1n) is 8.72. The van der Waals surface area contributed by atoms with Crippen LogP contribution in [-0.4, -0.2) is 24.3 Å². The molecule has 0 spiro atoms. The van der Waals surface area contributed by atoms with Crippen LogP contribution in [0.3, 0.4) is 0 Å². The molecule has 7 nitrogen and oxygen atoms in total. The fourth-order valence-corrected chi connectivity index (χ4v) is 2.57. The van der Waals surface area contributed by atoms with Gasteiger partial charge in [0.1, 0.15) is 11.6 Å². The first-order chi connectivity index (χ1) is 13.9. The molecule has 0 saturated carbocycles. The lowest BCUT2D eigenvalue weighted by molar-refractivity contribution is -0.115. The summed E-state index contributed by atoms with van der Waals surface area (Å²) >= 11 is 0. The topological polar surface area (TPSA) is 100 Å². The summed E-state index contributed by atoms with van der Waals surface area (Å²) in [5.74, 6) is -1.67. The van der Waals surface area contributed by atoms with Crippen molar-refractivity contribution >= 4 is 29.1 Å². The summed E-state index contributed by atoms with van der Waals surface area (Å²) in [5.41, 5.74) is 0.885. The zero-order valence-electron chi connectivity index (χ0n) is 15.5. The van der Waals surface area contributed by atoms with Crippen molar-refractivity contribution in [1.82, 2.24) is 5.32 Å². The van der Waals surface area contributed by atoms with Crippen molar-refractivity contribution in [2.75, 3.05) is 17.2 Å². The number of carbonyl (C=O) groups is 3. The maximum atomic E-state index is 14.0. The van der Waals surface area contributed by atoms with Gasteiger partial charge in [0.15, 0.2) is 0 Å². The highest BCUT2D eigenvalue weighted by molar-refractivity contribution is 6.05. The van der Waals surface area contributed by atoms with E-state index in [1.165, 1.54) is 24.5 Å². The van der Waals surface area contributed by atoms with Gasteiger partial charge in [-0.15, -0.1) is 0 Å². The maximum absolute atomic E-state index is 14.0. The number of carbonyl (C=O) groups excluding carboxylic acids is 3. The fourth-order valence-electron chi connectivity index (χ4n) is 2.57. The largest absolute Gasteiger partial charge is 0.469 e. The van der Waals surface area contributed by atoms with Gasteiger partial charge in [0.05, 0.1) is 24.1 Å². The summed E-state index contributed by atoms with van der Waals surface area (Å²) in [4.78, 5) is 36.3. The van der Waals surface area contributed by atoms with E-state index in [1.54, 1.807) is 37.3 Å². The average molecular weight is 395 g/mol. The van der Waals surface area contributed by atoms with Crippen LogP contribution >= 0.6 is 0 Å². The lowest BCUT2D eigenvalue weighted by atomic mass is 10.2. The van der Waals surface area contributed by atoms with Crippen LogP contribution in [0.5, 0.6) is 0 Å². The Morgan fingerprint density at radius 1 is 0.966 bits per heavy atom. The lowest BCUT2D eigenvalue weighted by Crippen LogP contribution is -2.32. The van der Waals surface area contributed by atoms with Crippen LogP contribution in [0.4, 0.5) is 15.8 Å². The van der Waals surface area contributed by atoms with Gasteiger partial charge in [-0.3, -0.25) is 14.4 Å². The van der Waals surface area contributed by atoms with Gasteiger partial charge in [0, 0.05) is 11.3 Å². The highest BCUT2D eigenvalue weighted by atomic mass is 19.1. The van der Waals surface area contributed by atoms with Crippen LogP contribution in [0.15, 0.2) is 65.3 Å². The predicted molar refractivity (Wildman–Crippen MR) is 105 cm³/mol. The van der Waals surface area contributed by atoms with Crippen LogP contribution in [0.2, 0.25) is 0 Å². The molecule has 0 aliphatic carbocycles. The SMILES string of the molecule is Cc1occc1C(=O)Nc1cc(NC(=O)CNC(=O)c2ccccc2)ccc1F. The molecule has 0 aliphatic heterocycles. The molecule has 29 heavy (non-hydrogen) atoms. The smallest absolute Gasteiger partial charge is 0.259 e. The number of hydrogen-bond acceptors (Lipinski definition) is 4. The number of amides is 3. The van der Waals surface area contributed by atoms with Crippen molar-refractivity contribution in [2.45, 2.75) is 6.92 Å². The summed E-state index contributed by atoms with van der Waals surface area (Å²) in [6, 6.07) is 13.7. The zero-order valence-corrected chi connectivity index (χ0v) is 15.5. The van der Waals surface area contributed by atoms with Crippen molar-refractivity contribution < 1.29 is 23.2 Å². The Morgan fingerprint density at radius 2 is 1.72 bits per heavy atom. The second-order valence-electron chi connectivity index (χ2n) is 6.14. The molecule has 3 aromatic rings. The van der Waals surface area contributed by atoms with Crippen LogP contribution in [-0.2, 0) is 4.79 Å². The van der Waals surface area contributed by atoms with E-state index in [0.29, 0.717) is 11.3 Å². The van der Waals surface area contributed by atoms with E-state index in [2.05, 4.69) is 16.0 Å². The van der Waals surface area contributed by atoms with Crippen molar-refractivity contribution in [3.8, 4) is 0 Å². The van der Waals surface area contributed by atoms with Crippen molar-refractivity contribution in [1.29, 1.82) is 0 Å². The normalized spacial score (nSPS) is 10.3. The minimum atomic E-state index is -0.658. The molecule has 0 unspecified atom stereocenters.